The van der Waals surface area contributed by atoms with Crippen LogP contribution < -0.4 is 10.1 Å². The van der Waals surface area contributed by atoms with Crippen molar-refractivity contribution in [2.45, 2.75) is 45.3 Å². The fourth-order valence-corrected chi connectivity index (χ4v) is 4.71. The van der Waals surface area contributed by atoms with E-state index in [-0.39, 0.29) is 5.82 Å². The second-order valence-electron chi connectivity index (χ2n) is 9.32. The Hall–Kier alpha value is -3.38. The molecule has 5 rings (SSSR count). The number of benzene rings is 3. The molecule has 1 aliphatic heterocycles. The summed E-state index contributed by atoms with van der Waals surface area (Å²) in [6.45, 7) is 6.59. The number of para-hydroxylation sites is 2. The largest absolute Gasteiger partial charge is 0.494 e. The monoisotopic (exact) mass is 472 g/mol. The van der Waals surface area contributed by atoms with Crippen LogP contribution in [0.1, 0.15) is 37.3 Å². The molecule has 35 heavy (non-hydrogen) atoms. The molecule has 5 nitrogen and oxygen atoms in total. The van der Waals surface area contributed by atoms with E-state index in [1.54, 1.807) is 0 Å². The van der Waals surface area contributed by atoms with Crippen molar-refractivity contribution in [3.63, 3.8) is 0 Å². The Morgan fingerprint density at radius 1 is 0.914 bits per heavy atom. The van der Waals surface area contributed by atoms with E-state index in [1.165, 1.54) is 17.7 Å². The van der Waals surface area contributed by atoms with Crippen LogP contribution in [0.15, 0.2) is 72.8 Å². The predicted octanol–water partition coefficient (Wildman–Crippen LogP) is 6.09. The molecule has 0 spiro atoms. The van der Waals surface area contributed by atoms with Crippen LogP contribution in [0.4, 0.5) is 10.3 Å². The Labute approximate surface area is 206 Å². The van der Waals surface area contributed by atoms with Gasteiger partial charge < -0.3 is 14.6 Å². The van der Waals surface area contributed by atoms with Crippen molar-refractivity contribution in [2.24, 2.45) is 0 Å². The van der Waals surface area contributed by atoms with Gasteiger partial charge >= 0.3 is 0 Å². The van der Waals surface area contributed by atoms with Gasteiger partial charge in [0.1, 0.15) is 11.6 Å². The maximum Gasteiger partial charge on any atom is 0.204 e. The minimum absolute atomic E-state index is 0.213. The van der Waals surface area contributed by atoms with Crippen molar-refractivity contribution in [3.05, 3.63) is 89.7 Å². The molecule has 4 aromatic rings. The molecule has 3 aromatic carbocycles. The zero-order chi connectivity index (χ0) is 24.0. The summed E-state index contributed by atoms with van der Waals surface area (Å²) in [5, 5.41) is 3.72. The first-order chi connectivity index (χ1) is 17.2. The van der Waals surface area contributed by atoms with Crippen LogP contribution in [-0.4, -0.2) is 40.2 Å². The molecule has 1 fully saturated rings. The molecule has 0 bridgehead atoms. The highest BCUT2D eigenvalue weighted by molar-refractivity contribution is 5.78. The second-order valence-corrected chi connectivity index (χ2v) is 9.32. The van der Waals surface area contributed by atoms with Gasteiger partial charge in [-0.2, -0.15) is 0 Å². The van der Waals surface area contributed by atoms with E-state index in [9.17, 15) is 4.39 Å². The lowest BCUT2D eigenvalue weighted by Crippen LogP contribution is -2.39. The van der Waals surface area contributed by atoms with Gasteiger partial charge in [-0.1, -0.05) is 43.3 Å². The average Bonchev–Trinajstić information content (AvgIpc) is 3.23. The highest BCUT2D eigenvalue weighted by Gasteiger charge is 2.21. The molecule has 1 N–H and O–H groups in total. The van der Waals surface area contributed by atoms with Gasteiger partial charge in [0, 0.05) is 25.7 Å². The standard InChI is InChI=1S/C29H33FN4O/c1-2-19-35-26-13-9-22(10-14-26)20-33-17-15-25(16-18-33)31-29-32-27-5-3-4-6-28(27)34(29)21-23-7-11-24(30)12-8-23/h3-14,25H,2,15-21H2,1H3,(H,31,32). The number of piperidine rings is 1. The molecule has 2 heterocycles. The van der Waals surface area contributed by atoms with Crippen LogP contribution >= 0.6 is 0 Å². The smallest absolute Gasteiger partial charge is 0.204 e. The van der Waals surface area contributed by atoms with E-state index in [4.69, 9.17) is 9.72 Å². The number of aromatic nitrogens is 2. The van der Waals surface area contributed by atoms with Crippen molar-refractivity contribution in [3.8, 4) is 5.75 Å². The number of rotatable bonds is 9. The third-order valence-corrected chi connectivity index (χ3v) is 6.63. The first kappa shape index (κ1) is 23.4. The van der Waals surface area contributed by atoms with Gasteiger partial charge in [-0.3, -0.25) is 4.90 Å². The molecular weight excluding hydrogens is 439 g/mol. The van der Waals surface area contributed by atoms with E-state index in [1.807, 2.05) is 30.3 Å². The number of nitrogens with zero attached hydrogens (tertiary/aromatic N) is 3. The van der Waals surface area contributed by atoms with E-state index in [0.29, 0.717) is 12.6 Å². The number of ether oxygens (including phenoxy) is 1. The average molecular weight is 473 g/mol. The Kier molecular flexibility index (Phi) is 7.28. The summed E-state index contributed by atoms with van der Waals surface area (Å²) in [4.78, 5) is 7.40. The third-order valence-electron chi connectivity index (χ3n) is 6.63. The minimum atomic E-state index is -0.213. The van der Waals surface area contributed by atoms with E-state index in [0.717, 1.165) is 73.8 Å². The number of likely N-dealkylation sites (tertiary alicyclic amines) is 1. The van der Waals surface area contributed by atoms with Gasteiger partial charge in [-0.25, -0.2) is 9.37 Å². The molecule has 6 heteroatoms. The van der Waals surface area contributed by atoms with E-state index < -0.39 is 0 Å². The van der Waals surface area contributed by atoms with Crippen LogP contribution in [0, 0.1) is 5.82 Å². The fraction of sp³-hybridized carbons (Fsp3) is 0.345. The SMILES string of the molecule is CCCOc1ccc(CN2CCC(Nc3nc4ccccc4n3Cc3ccc(F)cc3)CC2)cc1. The number of halogens is 1. The van der Waals surface area contributed by atoms with Gasteiger partial charge in [0.05, 0.1) is 24.2 Å². The maximum absolute atomic E-state index is 13.4. The zero-order valence-corrected chi connectivity index (χ0v) is 20.3. The van der Waals surface area contributed by atoms with Crippen LogP contribution in [0.2, 0.25) is 0 Å². The molecule has 0 unspecified atom stereocenters. The number of fused-ring (bicyclic) bond motifs is 1. The summed E-state index contributed by atoms with van der Waals surface area (Å²) in [7, 11) is 0. The summed E-state index contributed by atoms with van der Waals surface area (Å²) in [5.41, 5.74) is 4.43. The molecular formula is C29H33FN4O. The predicted molar refractivity (Wildman–Crippen MR) is 139 cm³/mol. The molecule has 1 aliphatic rings. The first-order valence-electron chi connectivity index (χ1n) is 12.6. The lowest BCUT2D eigenvalue weighted by molar-refractivity contribution is 0.211. The Morgan fingerprint density at radius 3 is 2.34 bits per heavy atom. The number of hydrogen-bond acceptors (Lipinski definition) is 4. The molecule has 0 aliphatic carbocycles. The van der Waals surface area contributed by atoms with Crippen molar-refractivity contribution >= 4 is 17.0 Å². The lowest BCUT2D eigenvalue weighted by Gasteiger charge is -2.32. The van der Waals surface area contributed by atoms with Crippen molar-refractivity contribution < 1.29 is 9.13 Å². The molecule has 0 amide bonds. The van der Waals surface area contributed by atoms with Crippen molar-refractivity contribution in [2.75, 3.05) is 25.0 Å². The molecule has 1 aromatic heterocycles. The van der Waals surface area contributed by atoms with Crippen LogP contribution in [-0.2, 0) is 13.1 Å². The zero-order valence-electron chi connectivity index (χ0n) is 20.3. The van der Waals surface area contributed by atoms with Crippen LogP contribution in [0.5, 0.6) is 5.75 Å². The third kappa shape index (κ3) is 5.82. The van der Waals surface area contributed by atoms with Crippen molar-refractivity contribution in [1.82, 2.24) is 14.5 Å². The Morgan fingerprint density at radius 2 is 1.60 bits per heavy atom. The maximum atomic E-state index is 13.4. The number of nitrogens with one attached hydrogen (secondary N) is 1. The second kappa shape index (κ2) is 10.9. The normalized spacial score (nSPS) is 14.9. The highest BCUT2D eigenvalue weighted by atomic mass is 19.1. The Bertz CT molecular complexity index is 1230. The summed E-state index contributed by atoms with van der Waals surface area (Å²) < 4.78 is 21.3. The topological polar surface area (TPSA) is 42.3 Å². The summed E-state index contributed by atoms with van der Waals surface area (Å²) >= 11 is 0. The quantitative estimate of drug-likeness (QED) is 0.320. The fourth-order valence-electron chi connectivity index (χ4n) is 4.71. The first-order valence-corrected chi connectivity index (χ1v) is 12.6. The van der Waals surface area contributed by atoms with Gasteiger partial charge in [0.25, 0.3) is 0 Å². The van der Waals surface area contributed by atoms with Gasteiger partial charge in [0.2, 0.25) is 5.95 Å². The minimum Gasteiger partial charge on any atom is -0.494 e. The Balaban J connectivity index is 1.21. The van der Waals surface area contributed by atoms with Crippen LogP contribution in [0.25, 0.3) is 11.0 Å². The number of imidazole rings is 1. The van der Waals surface area contributed by atoms with E-state index in [2.05, 4.69) is 52.0 Å². The van der Waals surface area contributed by atoms with E-state index >= 15 is 0 Å². The van der Waals surface area contributed by atoms with Gasteiger partial charge in [0.15, 0.2) is 0 Å². The van der Waals surface area contributed by atoms with Gasteiger partial charge in [-0.15, -0.1) is 0 Å². The van der Waals surface area contributed by atoms with Gasteiger partial charge in [-0.05, 0) is 66.8 Å². The van der Waals surface area contributed by atoms with Crippen molar-refractivity contribution in [1.29, 1.82) is 0 Å². The summed E-state index contributed by atoms with van der Waals surface area (Å²) in [6.07, 6.45) is 3.15. The molecule has 0 saturated carbocycles. The molecule has 1 saturated heterocycles. The molecule has 182 valence electrons. The van der Waals surface area contributed by atoms with Crippen LogP contribution in [0.3, 0.4) is 0 Å². The lowest BCUT2D eigenvalue weighted by atomic mass is 10.0. The summed E-state index contributed by atoms with van der Waals surface area (Å²) in [5.74, 6) is 1.62. The molecule has 0 atom stereocenters. The highest BCUT2D eigenvalue weighted by Crippen LogP contribution is 2.24. The number of hydrogen-bond donors (Lipinski definition) is 1. The summed E-state index contributed by atoms with van der Waals surface area (Å²) in [6, 6.07) is 23.8. The number of anilines is 1. The molecule has 0 radical (unpaired) electrons.